The van der Waals surface area contributed by atoms with E-state index in [0.29, 0.717) is 5.56 Å². The van der Waals surface area contributed by atoms with Gasteiger partial charge in [-0.05, 0) is 55.1 Å². The normalized spacial score (nSPS) is 29.6. The Morgan fingerprint density at radius 1 is 1.17 bits per heavy atom. The van der Waals surface area contributed by atoms with Crippen LogP contribution in [0.5, 0.6) is 0 Å². The van der Waals surface area contributed by atoms with Crippen LogP contribution in [0, 0.1) is 0 Å². The Kier molecular flexibility index (Phi) is 2.69. The quantitative estimate of drug-likeness (QED) is 0.715. The zero-order valence-corrected chi connectivity index (χ0v) is 11.1. The Morgan fingerprint density at radius 2 is 1.83 bits per heavy atom. The van der Waals surface area contributed by atoms with Crippen LogP contribution in [0.1, 0.15) is 29.2 Å². The second-order valence-corrected chi connectivity index (χ2v) is 6.13. The molecule has 0 saturated carbocycles. The Morgan fingerprint density at radius 3 is 2.61 bits per heavy atom. The summed E-state index contributed by atoms with van der Waals surface area (Å²) in [6.07, 6.45) is 1.45. The standard InChI is InChI=1S/C14H16ClF2N/c1-13(15)12-10(8-14(13,16)17)3-2-9-4-6-18-7-5-11(9)12/h2-3,18H,4-8H2,1H3. The van der Waals surface area contributed by atoms with E-state index in [1.165, 1.54) is 12.5 Å². The molecule has 0 saturated heterocycles. The topological polar surface area (TPSA) is 12.0 Å². The number of benzene rings is 1. The molecule has 4 heteroatoms. The van der Waals surface area contributed by atoms with Gasteiger partial charge in [0.25, 0.3) is 5.92 Å². The molecule has 2 aliphatic rings. The summed E-state index contributed by atoms with van der Waals surface area (Å²) in [5.41, 5.74) is 3.63. The van der Waals surface area contributed by atoms with Gasteiger partial charge in [0.2, 0.25) is 0 Å². The Bertz CT molecular complexity index is 497. The molecule has 1 nitrogen and oxygen atoms in total. The van der Waals surface area contributed by atoms with Gasteiger partial charge in [0.1, 0.15) is 4.87 Å². The molecule has 0 amide bonds. The van der Waals surface area contributed by atoms with Gasteiger partial charge < -0.3 is 5.32 Å². The monoisotopic (exact) mass is 271 g/mol. The van der Waals surface area contributed by atoms with Crippen LogP contribution in [0.25, 0.3) is 0 Å². The van der Waals surface area contributed by atoms with Crippen molar-refractivity contribution in [3.63, 3.8) is 0 Å². The number of alkyl halides is 3. The second kappa shape index (κ2) is 3.91. The van der Waals surface area contributed by atoms with Crippen LogP contribution in [0.3, 0.4) is 0 Å². The molecule has 1 aliphatic carbocycles. The van der Waals surface area contributed by atoms with E-state index in [9.17, 15) is 8.78 Å². The molecule has 18 heavy (non-hydrogen) atoms. The van der Waals surface area contributed by atoms with E-state index in [-0.39, 0.29) is 6.42 Å². The van der Waals surface area contributed by atoms with E-state index >= 15 is 0 Å². The van der Waals surface area contributed by atoms with Crippen molar-refractivity contribution in [1.29, 1.82) is 0 Å². The predicted molar refractivity (Wildman–Crippen MR) is 68.6 cm³/mol. The fourth-order valence-corrected chi connectivity index (χ4v) is 3.44. The van der Waals surface area contributed by atoms with E-state index in [4.69, 9.17) is 11.6 Å². The lowest BCUT2D eigenvalue weighted by Gasteiger charge is -2.27. The lowest BCUT2D eigenvalue weighted by molar-refractivity contribution is -0.0263. The molecular weight excluding hydrogens is 256 g/mol. The van der Waals surface area contributed by atoms with Gasteiger partial charge >= 0.3 is 0 Å². The van der Waals surface area contributed by atoms with E-state index in [1.807, 2.05) is 12.1 Å². The van der Waals surface area contributed by atoms with Gasteiger partial charge in [-0.25, -0.2) is 8.78 Å². The smallest absolute Gasteiger partial charge is 0.274 e. The molecule has 3 rings (SSSR count). The van der Waals surface area contributed by atoms with Crippen LogP contribution >= 0.6 is 11.6 Å². The highest BCUT2D eigenvalue weighted by Crippen LogP contribution is 2.53. The zero-order chi connectivity index (χ0) is 13.0. The summed E-state index contributed by atoms with van der Waals surface area (Å²) >= 11 is 6.21. The highest BCUT2D eigenvalue weighted by atomic mass is 35.5. The number of hydrogen-bond acceptors (Lipinski definition) is 1. The summed E-state index contributed by atoms with van der Waals surface area (Å²) in [6.45, 7) is 3.20. The number of rotatable bonds is 0. The molecule has 1 aliphatic heterocycles. The summed E-state index contributed by atoms with van der Waals surface area (Å²) in [5, 5.41) is 3.30. The number of fused-ring (bicyclic) bond motifs is 3. The van der Waals surface area contributed by atoms with Crippen molar-refractivity contribution in [2.24, 2.45) is 0 Å². The van der Waals surface area contributed by atoms with Crippen molar-refractivity contribution in [3.8, 4) is 0 Å². The van der Waals surface area contributed by atoms with Crippen molar-refractivity contribution in [3.05, 3.63) is 34.4 Å². The van der Waals surface area contributed by atoms with Gasteiger partial charge in [-0.1, -0.05) is 12.1 Å². The minimum atomic E-state index is -2.86. The third kappa shape index (κ3) is 1.60. The third-order valence-corrected chi connectivity index (χ3v) is 4.65. The fourth-order valence-electron chi connectivity index (χ4n) is 3.14. The van der Waals surface area contributed by atoms with Gasteiger partial charge in [0.15, 0.2) is 0 Å². The van der Waals surface area contributed by atoms with Crippen LogP contribution < -0.4 is 5.32 Å². The predicted octanol–water partition coefficient (Wildman–Crippen LogP) is 3.02. The molecule has 1 heterocycles. The van der Waals surface area contributed by atoms with Crippen molar-refractivity contribution in [1.82, 2.24) is 5.32 Å². The lowest BCUT2D eigenvalue weighted by atomic mass is 9.89. The lowest BCUT2D eigenvalue weighted by Crippen LogP contribution is -2.34. The first-order chi connectivity index (χ1) is 8.43. The molecule has 1 unspecified atom stereocenters. The first-order valence-electron chi connectivity index (χ1n) is 6.35. The summed E-state index contributed by atoms with van der Waals surface area (Å²) in [5.74, 6) is -2.86. The van der Waals surface area contributed by atoms with Crippen molar-refractivity contribution >= 4 is 11.6 Å². The molecule has 1 aromatic carbocycles. The maximum absolute atomic E-state index is 14.0. The SMILES string of the molecule is CC1(Cl)c2c(ccc3c2CCNCC3)CC1(F)F. The minimum Gasteiger partial charge on any atom is -0.316 e. The molecule has 98 valence electrons. The van der Waals surface area contributed by atoms with E-state index in [0.717, 1.165) is 37.1 Å². The molecule has 0 fully saturated rings. The largest absolute Gasteiger partial charge is 0.316 e. The maximum atomic E-state index is 14.0. The van der Waals surface area contributed by atoms with E-state index < -0.39 is 10.8 Å². The van der Waals surface area contributed by atoms with Gasteiger partial charge in [0, 0.05) is 6.42 Å². The number of hydrogen-bond donors (Lipinski definition) is 1. The van der Waals surface area contributed by atoms with Crippen LogP contribution in [-0.2, 0) is 24.1 Å². The molecule has 1 aromatic rings. The molecule has 0 radical (unpaired) electrons. The van der Waals surface area contributed by atoms with Gasteiger partial charge in [0.05, 0.1) is 0 Å². The first kappa shape index (κ1) is 12.4. The second-order valence-electron chi connectivity index (χ2n) is 5.37. The van der Waals surface area contributed by atoms with Crippen LogP contribution in [0.2, 0.25) is 0 Å². The van der Waals surface area contributed by atoms with E-state index in [2.05, 4.69) is 5.32 Å². The maximum Gasteiger partial charge on any atom is 0.274 e. The average Bonchev–Trinajstić information content (AvgIpc) is 2.48. The fraction of sp³-hybridized carbons (Fsp3) is 0.571. The highest BCUT2D eigenvalue weighted by molar-refractivity contribution is 6.25. The Labute approximate surface area is 111 Å². The Balaban J connectivity index is 2.20. The van der Waals surface area contributed by atoms with Gasteiger partial charge in [-0.3, -0.25) is 0 Å². The molecule has 0 aromatic heterocycles. The average molecular weight is 272 g/mol. The summed E-state index contributed by atoms with van der Waals surface area (Å²) in [7, 11) is 0. The highest BCUT2D eigenvalue weighted by Gasteiger charge is 2.57. The van der Waals surface area contributed by atoms with Gasteiger partial charge in [-0.2, -0.15) is 0 Å². The third-order valence-electron chi connectivity index (χ3n) is 4.19. The van der Waals surface area contributed by atoms with E-state index in [1.54, 1.807) is 0 Å². The summed E-state index contributed by atoms with van der Waals surface area (Å²) in [4.78, 5) is -1.56. The van der Waals surface area contributed by atoms with Gasteiger partial charge in [-0.15, -0.1) is 11.6 Å². The molecular formula is C14H16ClF2N. The molecule has 0 bridgehead atoms. The van der Waals surface area contributed by atoms with Crippen molar-refractivity contribution in [2.45, 2.75) is 37.0 Å². The van der Waals surface area contributed by atoms with Crippen LogP contribution in [0.15, 0.2) is 12.1 Å². The number of nitrogens with one attached hydrogen (secondary N) is 1. The van der Waals surface area contributed by atoms with Crippen molar-refractivity contribution < 1.29 is 8.78 Å². The van der Waals surface area contributed by atoms with Crippen LogP contribution in [0.4, 0.5) is 8.78 Å². The summed E-state index contributed by atoms with van der Waals surface area (Å²) < 4.78 is 28.1. The van der Waals surface area contributed by atoms with Crippen molar-refractivity contribution in [2.75, 3.05) is 13.1 Å². The molecule has 1 N–H and O–H groups in total. The summed E-state index contributed by atoms with van der Waals surface area (Å²) in [6, 6.07) is 3.83. The first-order valence-corrected chi connectivity index (χ1v) is 6.73. The number of halogens is 3. The Hall–Kier alpha value is -0.670. The molecule has 0 spiro atoms. The van der Waals surface area contributed by atoms with Crippen LogP contribution in [-0.4, -0.2) is 19.0 Å². The molecule has 1 atom stereocenters. The zero-order valence-electron chi connectivity index (χ0n) is 10.3. The minimum absolute atomic E-state index is 0.233.